The van der Waals surface area contributed by atoms with Crippen molar-refractivity contribution in [2.24, 2.45) is 0 Å². The van der Waals surface area contributed by atoms with E-state index in [-0.39, 0.29) is 5.75 Å². The molecule has 0 atom stereocenters. The molecule has 0 aliphatic carbocycles. The Morgan fingerprint density at radius 1 is 1.12 bits per heavy atom. The molecule has 1 saturated heterocycles. The number of halogens is 2. The van der Waals surface area contributed by atoms with Crippen LogP contribution >= 0.6 is 23.2 Å². The Bertz CT molecular complexity index is 380. The van der Waals surface area contributed by atoms with Gasteiger partial charge in [-0.2, -0.15) is 0 Å². The van der Waals surface area contributed by atoms with Crippen molar-refractivity contribution in [2.75, 3.05) is 33.2 Å². The molecule has 17 heavy (non-hydrogen) atoms. The second-order valence-corrected chi connectivity index (χ2v) is 5.30. The minimum Gasteiger partial charge on any atom is -0.505 e. The lowest BCUT2D eigenvalue weighted by Gasteiger charge is -2.32. The first kappa shape index (κ1) is 13.0. The van der Waals surface area contributed by atoms with Crippen molar-refractivity contribution < 1.29 is 5.11 Å². The van der Waals surface area contributed by atoms with Gasteiger partial charge in [0.25, 0.3) is 0 Å². The summed E-state index contributed by atoms with van der Waals surface area (Å²) in [7, 11) is 2.13. The summed E-state index contributed by atoms with van der Waals surface area (Å²) in [5, 5.41) is 10.1. The number of likely N-dealkylation sites (N-methyl/N-ethyl adjacent to an activating group) is 1. The van der Waals surface area contributed by atoms with Crippen molar-refractivity contribution in [1.29, 1.82) is 0 Å². The highest BCUT2D eigenvalue weighted by molar-refractivity contribution is 6.37. The van der Waals surface area contributed by atoms with Crippen molar-refractivity contribution in [3.63, 3.8) is 0 Å². The van der Waals surface area contributed by atoms with Crippen molar-refractivity contribution >= 4 is 23.2 Å². The highest BCUT2D eigenvalue weighted by atomic mass is 35.5. The quantitative estimate of drug-likeness (QED) is 0.898. The number of benzene rings is 1. The molecule has 94 valence electrons. The first-order valence-corrected chi connectivity index (χ1v) is 6.39. The molecule has 1 N–H and O–H groups in total. The third kappa shape index (κ3) is 3.26. The molecular formula is C12H16Cl2N2O. The maximum atomic E-state index is 9.49. The molecule has 1 fully saturated rings. The van der Waals surface area contributed by atoms with Gasteiger partial charge in [0, 0.05) is 32.7 Å². The summed E-state index contributed by atoms with van der Waals surface area (Å²) in [5.74, 6) is -0.0320. The average molecular weight is 275 g/mol. The largest absolute Gasteiger partial charge is 0.505 e. The lowest BCUT2D eigenvalue weighted by Crippen LogP contribution is -2.43. The third-order valence-corrected chi connectivity index (χ3v) is 3.65. The molecule has 2 rings (SSSR count). The van der Waals surface area contributed by atoms with Gasteiger partial charge in [-0.1, -0.05) is 23.2 Å². The number of rotatable bonds is 2. The molecule has 0 unspecified atom stereocenters. The Labute approximate surface area is 112 Å². The second-order valence-electron chi connectivity index (χ2n) is 4.49. The van der Waals surface area contributed by atoms with E-state index < -0.39 is 0 Å². The fraction of sp³-hybridized carbons (Fsp3) is 0.500. The van der Waals surface area contributed by atoms with E-state index in [4.69, 9.17) is 23.2 Å². The zero-order chi connectivity index (χ0) is 12.4. The van der Waals surface area contributed by atoms with Crippen molar-refractivity contribution in [3.8, 4) is 5.75 Å². The van der Waals surface area contributed by atoms with Gasteiger partial charge in [-0.05, 0) is 24.7 Å². The van der Waals surface area contributed by atoms with Crippen LogP contribution in [0.3, 0.4) is 0 Å². The molecule has 0 spiro atoms. The van der Waals surface area contributed by atoms with Gasteiger partial charge >= 0.3 is 0 Å². The van der Waals surface area contributed by atoms with Crippen LogP contribution in [0.15, 0.2) is 12.1 Å². The van der Waals surface area contributed by atoms with Gasteiger partial charge in [0.1, 0.15) is 0 Å². The smallest absolute Gasteiger partial charge is 0.152 e. The monoisotopic (exact) mass is 274 g/mol. The molecule has 5 heteroatoms. The van der Waals surface area contributed by atoms with E-state index in [1.807, 2.05) is 0 Å². The maximum Gasteiger partial charge on any atom is 0.152 e. The van der Waals surface area contributed by atoms with Crippen molar-refractivity contribution in [2.45, 2.75) is 6.54 Å². The summed E-state index contributed by atoms with van der Waals surface area (Å²) < 4.78 is 0. The Hall–Kier alpha value is -0.480. The highest BCUT2D eigenvalue weighted by Crippen LogP contribution is 2.33. The molecule has 1 heterocycles. The Balaban J connectivity index is 2.04. The van der Waals surface area contributed by atoms with E-state index in [1.165, 1.54) is 0 Å². The summed E-state index contributed by atoms with van der Waals surface area (Å²) in [5.41, 5.74) is 1.04. The summed E-state index contributed by atoms with van der Waals surface area (Å²) in [4.78, 5) is 4.67. The Morgan fingerprint density at radius 2 is 1.65 bits per heavy atom. The van der Waals surface area contributed by atoms with E-state index >= 15 is 0 Å². The molecule has 0 amide bonds. The number of phenols is 1. The molecule has 1 aromatic carbocycles. The average Bonchev–Trinajstić information content (AvgIpc) is 2.29. The predicted octanol–water partition coefficient (Wildman–Crippen LogP) is 2.45. The second kappa shape index (κ2) is 5.44. The number of hydrogen-bond donors (Lipinski definition) is 1. The van der Waals surface area contributed by atoms with E-state index in [0.717, 1.165) is 38.3 Å². The van der Waals surface area contributed by atoms with Crippen LogP contribution in [0.25, 0.3) is 0 Å². The zero-order valence-corrected chi connectivity index (χ0v) is 11.3. The van der Waals surface area contributed by atoms with Crippen LogP contribution in [0.4, 0.5) is 0 Å². The molecule has 3 nitrogen and oxygen atoms in total. The minimum absolute atomic E-state index is 0.0320. The van der Waals surface area contributed by atoms with Crippen LogP contribution in [0.5, 0.6) is 5.75 Å². The van der Waals surface area contributed by atoms with Crippen LogP contribution in [-0.4, -0.2) is 48.1 Å². The van der Waals surface area contributed by atoms with E-state index in [9.17, 15) is 5.11 Å². The Kier molecular flexibility index (Phi) is 4.15. The molecule has 0 bridgehead atoms. The summed E-state index contributed by atoms with van der Waals surface area (Å²) in [6.07, 6.45) is 0. The van der Waals surface area contributed by atoms with Crippen LogP contribution in [0, 0.1) is 0 Å². The number of phenolic OH excluding ortho intramolecular Hbond substituents is 1. The van der Waals surface area contributed by atoms with Gasteiger partial charge in [0.05, 0.1) is 10.0 Å². The minimum atomic E-state index is -0.0320. The number of nitrogens with zero attached hydrogens (tertiary/aromatic N) is 2. The fourth-order valence-electron chi connectivity index (χ4n) is 1.97. The molecular weight excluding hydrogens is 259 g/mol. The van der Waals surface area contributed by atoms with Gasteiger partial charge < -0.3 is 10.0 Å². The highest BCUT2D eigenvalue weighted by Gasteiger charge is 2.15. The number of hydrogen-bond acceptors (Lipinski definition) is 3. The molecule has 1 aliphatic heterocycles. The van der Waals surface area contributed by atoms with Crippen LogP contribution in [0.1, 0.15) is 5.56 Å². The fourth-order valence-corrected chi connectivity index (χ4v) is 2.51. The topological polar surface area (TPSA) is 26.7 Å². The maximum absolute atomic E-state index is 9.49. The van der Waals surface area contributed by atoms with Crippen LogP contribution < -0.4 is 0 Å². The number of piperazine rings is 1. The standard InChI is InChI=1S/C12H16Cl2N2O/c1-15-2-4-16(5-3-15)8-9-6-10(13)12(17)11(14)7-9/h6-7,17H,2-5,8H2,1H3. The SMILES string of the molecule is CN1CCN(Cc2cc(Cl)c(O)c(Cl)c2)CC1. The van der Waals surface area contributed by atoms with E-state index in [2.05, 4.69) is 16.8 Å². The van der Waals surface area contributed by atoms with E-state index in [1.54, 1.807) is 12.1 Å². The van der Waals surface area contributed by atoms with Gasteiger partial charge in [-0.15, -0.1) is 0 Å². The third-order valence-electron chi connectivity index (χ3n) is 3.08. The molecule has 1 aromatic rings. The summed E-state index contributed by atoms with van der Waals surface area (Å²) >= 11 is 11.8. The zero-order valence-electron chi connectivity index (χ0n) is 9.79. The van der Waals surface area contributed by atoms with Gasteiger partial charge in [0.2, 0.25) is 0 Å². The first-order valence-electron chi connectivity index (χ1n) is 5.64. The van der Waals surface area contributed by atoms with Gasteiger partial charge in [-0.3, -0.25) is 4.90 Å². The normalized spacial score (nSPS) is 18.5. The van der Waals surface area contributed by atoms with Gasteiger partial charge in [-0.25, -0.2) is 0 Å². The van der Waals surface area contributed by atoms with Crippen LogP contribution in [-0.2, 0) is 6.54 Å². The van der Waals surface area contributed by atoms with Crippen LogP contribution in [0.2, 0.25) is 10.0 Å². The summed E-state index contributed by atoms with van der Waals surface area (Å²) in [6.45, 7) is 5.09. The predicted molar refractivity (Wildman–Crippen MR) is 70.9 cm³/mol. The van der Waals surface area contributed by atoms with E-state index in [0.29, 0.717) is 10.0 Å². The molecule has 0 radical (unpaired) electrons. The lowest BCUT2D eigenvalue weighted by atomic mass is 10.2. The molecule has 0 aromatic heterocycles. The van der Waals surface area contributed by atoms with Crippen molar-refractivity contribution in [1.82, 2.24) is 9.80 Å². The molecule has 0 saturated carbocycles. The van der Waals surface area contributed by atoms with Crippen molar-refractivity contribution in [3.05, 3.63) is 27.7 Å². The molecule has 1 aliphatic rings. The Morgan fingerprint density at radius 3 is 2.18 bits per heavy atom. The lowest BCUT2D eigenvalue weighted by molar-refractivity contribution is 0.148. The number of aromatic hydroxyl groups is 1. The first-order chi connectivity index (χ1) is 8.06. The van der Waals surface area contributed by atoms with Gasteiger partial charge in [0.15, 0.2) is 5.75 Å². The summed E-state index contributed by atoms with van der Waals surface area (Å²) in [6, 6.07) is 3.56.